The minimum atomic E-state index is -3.26. The lowest BCUT2D eigenvalue weighted by Gasteiger charge is -2.32. The molecule has 2 saturated heterocycles. The molecular formula is C32H38N4O6S. The van der Waals surface area contributed by atoms with Crippen molar-refractivity contribution in [2.45, 2.75) is 49.3 Å². The van der Waals surface area contributed by atoms with Crippen LogP contribution in [0.1, 0.15) is 52.1 Å². The normalized spacial score (nSPS) is 16.9. The van der Waals surface area contributed by atoms with Crippen LogP contribution in [0.15, 0.2) is 71.8 Å². The monoisotopic (exact) mass is 606 g/mol. The number of nitrogens with zero attached hydrogens (tertiary/aromatic N) is 3. The Labute approximate surface area is 252 Å². The van der Waals surface area contributed by atoms with Crippen LogP contribution in [0, 0.1) is 0 Å². The van der Waals surface area contributed by atoms with Crippen LogP contribution in [0.4, 0.5) is 0 Å². The number of carbonyl (C=O) groups is 2. The fraction of sp³-hybridized carbons (Fsp3) is 0.406. The number of carbonyl (C=O) groups excluding carboxylic acids is 2. The summed E-state index contributed by atoms with van der Waals surface area (Å²) >= 11 is 0. The highest BCUT2D eigenvalue weighted by Crippen LogP contribution is 2.22. The second kappa shape index (κ2) is 13.6. The number of ether oxygens (including phenoxy) is 2. The molecule has 0 bridgehead atoms. The molecule has 0 unspecified atom stereocenters. The van der Waals surface area contributed by atoms with Crippen molar-refractivity contribution in [2.24, 2.45) is 0 Å². The third kappa shape index (κ3) is 8.11. The van der Waals surface area contributed by atoms with Gasteiger partial charge in [0.2, 0.25) is 0 Å². The Bertz CT molecular complexity index is 1490. The number of nitrogens with one attached hydrogen (secondary N) is 1. The first-order valence-electron chi connectivity index (χ1n) is 14.6. The fourth-order valence-electron chi connectivity index (χ4n) is 5.44. The zero-order valence-corrected chi connectivity index (χ0v) is 25.4. The lowest BCUT2D eigenvalue weighted by Crippen LogP contribution is -2.44. The molecule has 1 aromatic heterocycles. The van der Waals surface area contributed by atoms with Gasteiger partial charge in [-0.2, -0.15) is 0 Å². The molecule has 11 heteroatoms. The van der Waals surface area contributed by atoms with E-state index in [4.69, 9.17) is 9.47 Å². The summed E-state index contributed by atoms with van der Waals surface area (Å²) in [7, 11) is -1.59. The van der Waals surface area contributed by atoms with Crippen LogP contribution in [0.25, 0.3) is 0 Å². The summed E-state index contributed by atoms with van der Waals surface area (Å²) in [6, 6.07) is 17.9. The number of rotatable bonds is 9. The summed E-state index contributed by atoms with van der Waals surface area (Å²) in [6.45, 7) is 3.72. The van der Waals surface area contributed by atoms with Crippen molar-refractivity contribution in [2.75, 3.05) is 39.5 Å². The van der Waals surface area contributed by atoms with Gasteiger partial charge < -0.3 is 19.7 Å². The van der Waals surface area contributed by atoms with Crippen LogP contribution < -0.4 is 14.8 Å². The molecule has 228 valence electrons. The van der Waals surface area contributed by atoms with Crippen LogP contribution >= 0.6 is 0 Å². The number of amides is 2. The van der Waals surface area contributed by atoms with Gasteiger partial charge in [-0.1, -0.05) is 12.1 Å². The summed E-state index contributed by atoms with van der Waals surface area (Å²) in [4.78, 5) is 34.6. The van der Waals surface area contributed by atoms with Crippen molar-refractivity contribution < 1.29 is 27.5 Å². The number of methoxy groups -OCH3 is 1. The molecule has 0 atom stereocenters. The minimum absolute atomic E-state index is 0.0681. The van der Waals surface area contributed by atoms with E-state index in [0.29, 0.717) is 42.9 Å². The molecule has 5 rings (SSSR count). The van der Waals surface area contributed by atoms with Crippen molar-refractivity contribution >= 4 is 21.7 Å². The van der Waals surface area contributed by atoms with Crippen molar-refractivity contribution in [1.82, 2.24) is 20.1 Å². The topological polar surface area (TPSA) is 118 Å². The highest BCUT2D eigenvalue weighted by atomic mass is 32.2. The lowest BCUT2D eigenvalue weighted by molar-refractivity contribution is 0.0589. The number of aromatic nitrogens is 1. The summed E-state index contributed by atoms with van der Waals surface area (Å²) < 4.78 is 34.5. The van der Waals surface area contributed by atoms with Gasteiger partial charge in [0.1, 0.15) is 23.3 Å². The quantitative estimate of drug-likeness (QED) is 0.393. The third-order valence-corrected chi connectivity index (χ3v) is 9.15. The number of likely N-dealkylation sites (tertiary alicyclic amines) is 2. The molecule has 0 saturated carbocycles. The SMILES string of the molecule is COc1ccc(CN2CCC(NC(=O)c3ccc(C(=O)N4CCC(Oc5ccc(S(C)(=O)=O)cc5)CC4)nc3)CC2)cc1. The van der Waals surface area contributed by atoms with Crippen LogP contribution in [0.5, 0.6) is 11.5 Å². The van der Waals surface area contributed by atoms with Gasteiger partial charge >= 0.3 is 0 Å². The maximum absolute atomic E-state index is 13.0. The maximum atomic E-state index is 13.0. The number of sulfone groups is 1. The molecule has 2 amide bonds. The van der Waals surface area contributed by atoms with E-state index in [1.165, 1.54) is 30.1 Å². The average Bonchev–Trinajstić information content (AvgIpc) is 3.02. The van der Waals surface area contributed by atoms with Gasteiger partial charge in [0.25, 0.3) is 11.8 Å². The second-order valence-corrected chi connectivity index (χ2v) is 13.2. The van der Waals surface area contributed by atoms with Crippen LogP contribution in [-0.4, -0.2) is 86.7 Å². The van der Waals surface area contributed by atoms with E-state index in [-0.39, 0.29) is 28.9 Å². The van der Waals surface area contributed by atoms with E-state index >= 15 is 0 Å². The Morgan fingerprint density at radius 2 is 1.53 bits per heavy atom. The van der Waals surface area contributed by atoms with Crippen LogP contribution in [-0.2, 0) is 16.4 Å². The number of benzene rings is 2. The number of hydrogen-bond donors (Lipinski definition) is 1. The standard InChI is InChI=1S/C32H38N4O6S/c1-41-26-6-3-23(4-7-26)22-35-17-13-25(14-18-35)34-31(37)24-5-12-30(33-21-24)32(38)36-19-15-28(16-20-36)42-27-8-10-29(11-9-27)43(2,39)40/h3-12,21,25,28H,13-20,22H2,1-2H3,(H,34,37). The Kier molecular flexibility index (Phi) is 9.62. The number of pyridine rings is 1. The Morgan fingerprint density at radius 1 is 0.884 bits per heavy atom. The largest absolute Gasteiger partial charge is 0.497 e. The number of hydrogen-bond acceptors (Lipinski definition) is 8. The number of piperidine rings is 2. The molecule has 43 heavy (non-hydrogen) atoms. The summed E-state index contributed by atoms with van der Waals surface area (Å²) in [5.41, 5.74) is 1.98. The van der Waals surface area contributed by atoms with E-state index in [1.807, 2.05) is 12.1 Å². The molecule has 2 fully saturated rings. The fourth-order valence-corrected chi connectivity index (χ4v) is 6.08. The third-order valence-electron chi connectivity index (χ3n) is 8.02. The highest BCUT2D eigenvalue weighted by Gasteiger charge is 2.26. The molecular weight excluding hydrogens is 568 g/mol. The van der Waals surface area contributed by atoms with Gasteiger partial charge in [0.05, 0.1) is 17.6 Å². The Morgan fingerprint density at radius 3 is 2.12 bits per heavy atom. The van der Waals surface area contributed by atoms with Crippen molar-refractivity contribution in [3.63, 3.8) is 0 Å². The zero-order chi connectivity index (χ0) is 30.4. The smallest absolute Gasteiger partial charge is 0.272 e. The Balaban J connectivity index is 1.05. The molecule has 10 nitrogen and oxygen atoms in total. The summed E-state index contributed by atoms with van der Waals surface area (Å²) in [5.74, 6) is 1.10. The molecule has 2 aromatic carbocycles. The zero-order valence-electron chi connectivity index (χ0n) is 24.6. The van der Waals surface area contributed by atoms with Crippen molar-refractivity contribution in [3.05, 3.63) is 83.7 Å². The van der Waals surface area contributed by atoms with Gasteiger partial charge in [-0.15, -0.1) is 0 Å². The molecule has 1 N–H and O–H groups in total. The van der Waals surface area contributed by atoms with Crippen molar-refractivity contribution in [1.29, 1.82) is 0 Å². The van der Waals surface area contributed by atoms with Crippen molar-refractivity contribution in [3.8, 4) is 11.5 Å². The first-order chi connectivity index (χ1) is 20.7. The van der Waals surface area contributed by atoms with Gasteiger partial charge in [-0.3, -0.25) is 19.5 Å². The average molecular weight is 607 g/mol. The van der Waals surface area contributed by atoms with Gasteiger partial charge in [0, 0.05) is 64.1 Å². The first-order valence-corrected chi connectivity index (χ1v) is 16.5. The molecule has 3 heterocycles. The van der Waals surface area contributed by atoms with E-state index in [0.717, 1.165) is 38.2 Å². The van der Waals surface area contributed by atoms with E-state index in [2.05, 4.69) is 27.3 Å². The molecule has 3 aromatic rings. The summed E-state index contributed by atoms with van der Waals surface area (Å²) in [6.07, 6.45) is 5.62. The Hall–Kier alpha value is -3.96. The van der Waals surface area contributed by atoms with Crippen LogP contribution in [0.2, 0.25) is 0 Å². The summed E-state index contributed by atoms with van der Waals surface area (Å²) in [5, 5.41) is 3.12. The molecule has 2 aliphatic heterocycles. The van der Waals surface area contributed by atoms with E-state index < -0.39 is 9.84 Å². The van der Waals surface area contributed by atoms with Crippen LogP contribution in [0.3, 0.4) is 0 Å². The van der Waals surface area contributed by atoms with Gasteiger partial charge in [-0.05, 0) is 66.9 Å². The molecule has 0 radical (unpaired) electrons. The van der Waals surface area contributed by atoms with Gasteiger partial charge in [0.15, 0.2) is 9.84 Å². The molecule has 0 aliphatic carbocycles. The molecule has 0 spiro atoms. The molecule has 2 aliphatic rings. The van der Waals surface area contributed by atoms with E-state index in [1.54, 1.807) is 36.3 Å². The second-order valence-electron chi connectivity index (χ2n) is 11.2. The predicted octanol–water partition coefficient (Wildman–Crippen LogP) is 3.57. The predicted molar refractivity (Wildman–Crippen MR) is 162 cm³/mol. The van der Waals surface area contributed by atoms with Gasteiger partial charge in [-0.25, -0.2) is 8.42 Å². The minimum Gasteiger partial charge on any atom is -0.497 e. The highest BCUT2D eigenvalue weighted by molar-refractivity contribution is 7.90. The first kappa shape index (κ1) is 30.5. The van der Waals surface area contributed by atoms with E-state index in [9.17, 15) is 18.0 Å². The lowest BCUT2D eigenvalue weighted by atomic mass is 10.0. The maximum Gasteiger partial charge on any atom is 0.272 e.